The van der Waals surface area contributed by atoms with Gasteiger partial charge in [0, 0.05) is 0 Å². The lowest BCUT2D eigenvalue weighted by molar-refractivity contribution is 0.465. The monoisotopic (exact) mass is 164 g/mol. The molecule has 0 atom stereocenters. The van der Waals surface area contributed by atoms with E-state index in [1.165, 1.54) is 11.1 Å². The molecular formula is C11H16O. The highest BCUT2D eigenvalue weighted by Gasteiger charge is 2.07. The maximum atomic E-state index is 9.64. The third-order valence-electron chi connectivity index (χ3n) is 2.44. The van der Waals surface area contributed by atoms with Crippen molar-refractivity contribution < 1.29 is 5.11 Å². The molecule has 0 aliphatic rings. The van der Waals surface area contributed by atoms with Gasteiger partial charge in [0.1, 0.15) is 5.75 Å². The standard InChI is InChI=1S/C11H16O/c1-5-10-7(2)6-8(3)11(12)9(10)4/h6,12H,5H2,1-4H3. The number of phenols is 1. The summed E-state index contributed by atoms with van der Waals surface area (Å²) in [6.07, 6.45) is 0.992. The second-order valence-electron chi connectivity index (χ2n) is 3.32. The molecule has 0 unspecified atom stereocenters. The molecule has 0 saturated carbocycles. The van der Waals surface area contributed by atoms with Crippen LogP contribution in [0.15, 0.2) is 6.07 Å². The molecule has 0 heterocycles. The second-order valence-corrected chi connectivity index (χ2v) is 3.32. The molecule has 0 spiro atoms. The molecule has 0 saturated heterocycles. The number of phenolic OH excluding ortho intramolecular Hbond substituents is 1. The van der Waals surface area contributed by atoms with Crippen molar-refractivity contribution in [1.29, 1.82) is 0 Å². The van der Waals surface area contributed by atoms with E-state index in [0.717, 1.165) is 17.5 Å². The first kappa shape index (κ1) is 9.11. The van der Waals surface area contributed by atoms with Gasteiger partial charge in [-0.1, -0.05) is 13.0 Å². The third-order valence-corrected chi connectivity index (χ3v) is 2.44. The van der Waals surface area contributed by atoms with Crippen LogP contribution in [-0.2, 0) is 6.42 Å². The maximum Gasteiger partial charge on any atom is 0.121 e. The predicted molar refractivity (Wildman–Crippen MR) is 51.7 cm³/mol. The summed E-state index contributed by atoms with van der Waals surface area (Å²) >= 11 is 0. The summed E-state index contributed by atoms with van der Waals surface area (Å²) in [6.45, 7) is 8.13. The fourth-order valence-corrected chi connectivity index (χ4v) is 1.76. The first-order chi connectivity index (χ1) is 5.57. The fraction of sp³-hybridized carbons (Fsp3) is 0.455. The van der Waals surface area contributed by atoms with Crippen molar-refractivity contribution in [2.45, 2.75) is 34.1 Å². The molecule has 12 heavy (non-hydrogen) atoms. The van der Waals surface area contributed by atoms with Crippen LogP contribution in [0.4, 0.5) is 0 Å². The van der Waals surface area contributed by atoms with E-state index in [-0.39, 0.29) is 0 Å². The van der Waals surface area contributed by atoms with Crippen molar-refractivity contribution >= 4 is 0 Å². The molecule has 0 fully saturated rings. The van der Waals surface area contributed by atoms with Crippen LogP contribution < -0.4 is 0 Å². The summed E-state index contributed by atoms with van der Waals surface area (Å²) < 4.78 is 0. The van der Waals surface area contributed by atoms with E-state index >= 15 is 0 Å². The molecule has 1 nitrogen and oxygen atoms in total. The van der Waals surface area contributed by atoms with E-state index in [2.05, 4.69) is 13.8 Å². The number of rotatable bonds is 1. The van der Waals surface area contributed by atoms with Gasteiger partial charge >= 0.3 is 0 Å². The normalized spacial score (nSPS) is 10.3. The number of aryl methyl sites for hydroxylation is 2. The van der Waals surface area contributed by atoms with E-state index in [1.54, 1.807) is 0 Å². The lowest BCUT2D eigenvalue weighted by Gasteiger charge is -2.11. The predicted octanol–water partition coefficient (Wildman–Crippen LogP) is 2.88. The van der Waals surface area contributed by atoms with Crippen molar-refractivity contribution in [3.63, 3.8) is 0 Å². The molecule has 1 N–H and O–H groups in total. The Bertz CT molecular complexity index is 300. The van der Waals surface area contributed by atoms with Crippen LogP contribution in [-0.4, -0.2) is 5.11 Å². The van der Waals surface area contributed by atoms with Gasteiger partial charge in [-0.25, -0.2) is 0 Å². The lowest BCUT2D eigenvalue weighted by atomic mass is 9.97. The van der Waals surface area contributed by atoms with E-state index in [4.69, 9.17) is 0 Å². The Morgan fingerprint density at radius 1 is 1.17 bits per heavy atom. The zero-order valence-corrected chi connectivity index (χ0v) is 8.23. The van der Waals surface area contributed by atoms with Gasteiger partial charge in [0.05, 0.1) is 0 Å². The second kappa shape index (κ2) is 3.18. The van der Waals surface area contributed by atoms with Crippen molar-refractivity contribution in [2.75, 3.05) is 0 Å². The highest BCUT2D eigenvalue weighted by Crippen LogP contribution is 2.27. The van der Waals surface area contributed by atoms with Gasteiger partial charge in [0.15, 0.2) is 0 Å². The lowest BCUT2D eigenvalue weighted by Crippen LogP contribution is -1.93. The SMILES string of the molecule is CCc1c(C)cc(C)c(O)c1C. The molecule has 1 heteroatoms. The van der Waals surface area contributed by atoms with Gasteiger partial charge in [0.25, 0.3) is 0 Å². The molecule has 0 aromatic heterocycles. The van der Waals surface area contributed by atoms with E-state index in [1.807, 2.05) is 19.9 Å². The summed E-state index contributed by atoms with van der Waals surface area (Å²) in [6, 6.07) is 2.04. The Hall–Kier alpha value is -0.980. The fourth-order valence-electron chi connectivity index (χ4n) is 1.76. The van der Waals surface area contributed by atoms with Gasteiger partial charge < -0.3 is 5.11 Å². The molecule has 1 aromatic rings. The molecule has 0 aliphatic heterocycles. The zero-order chi connectivity index (χ0) is 9.30. The van der Waals surface area contributed by atoms with Crippen LogP contribution in [0.3, 0.4) is 0 Å². The number of hydrogen-bond donors (Lipinski definition) is 1. The average molecular weight is 164 g/mol. The van der Waals surface area contributed by atoms with Crippen LogP contribution in [0, 0.1) is 20.8 Å². The van der Waals surface area contributed by atoms with Crippen molar-refractivity contribution in [3.8, 4) is 5.75 Å². The number of benzene rings is 1. The van der Waals surface area contributed by atoms with E-state index in [9.17, 15) is 5.11 Å². The third kappa shape index (κ3) is 1.31. The quantitative estimate of drug-likeness (QED) is 0.676. The summed E-state index contributed by atoms with van der Waals surface area (Å²) in [5, 5.41) is 9.64. The first-order valence-electron chi connectivity index (χ1n) is 4.36. The van der Waals surface area contributed by atoms with Crippen molar-refractivity contribution in [2.24, 2.45) is 0 Å². The Morgan fingerprint density at radius 3 is 2.25 bits per heavy atom. The van der Waals surface area contributed by atoms with E-state index < -0.39 is 0 Å². The van der Waals surface area contributed by atoms with E-state index in [0.29, 0.717) is 5.75 Å². The highest BCUT2D eigenvalue weighted by atomic mass is 16.3. The Kier molecular flexibility index (Phi) is 2.41. The van der Waals surface area contributed by atoms with Crippen LogP contribution in [0.5, 0.6) is 5.75 Å². The maximum absolute atomic E-state index is 9.64. The summed E-state index contributed by atoms with van der Waals surface area (Å²) in [7, 11) is 0. The molecule has 66 valence electrons. The minimum atomic E-state index is 0.456. The number of hydrogen-bond acceptors (Lipinski definition) is 1. The minimum Gasteiger partial charge on any atom is -0.507 e. The van der Waals surface area contributed by atoms with Gasteiger partial charge in [-0.3, -0.25) is 0 Å². The van der Waals surface area contributed by atoms with Gasteiger partial charge in [-0.15, -0.1) is 0 Å². The van der Waals surface area contributed by atoms with Gasteiger partial charge in [-0.2, -0.15) is 0 Å². The molecule has 0 amide bonds. The molecule has 0 radical (unpaired) electrons. The van der Waals surface area contributed by atoms with Gasteiger partial charge in [0.2, 0.25) is 0 Å². The Morgan fingerprint density at radius 2 is 1.75 bits per heavy atom. The smallest absolute Gasteiger partial charge is 0.121 e. The summed E-state index contributed by atoms with van der Waals surface area (Å²) in [4.78, 5) is 0. The first-order valence-corrected chi connectivity index (χ1v) is 4.36. The Labute approximate surface area is 74.1 Å². The average Bonchev–Trinajstić information content (AvgIpc) is 2.01. The van der Waals surface area contributed by atoms with Crippen molar-refractivity contribution in [1.82, 2.24) is 0 Å². The minimum absolute atomic E-state index is 0.456. The Balaban J connectivity index is 3.40. The van der Waals surface area contributed by atoms with Crippen LogP contribution in [0.25, 0.3) is 0 Å². The molecule has 0 aliphatic carbocycles. The van der Waals surface area contributed by atoms with Crippen LogP contribution in [0.2, 0.25) is 0 Å². The molecule has 1 aromatic carbocycles. The number of aromatic hydroxyl groups is 1. The molecular weight excluding hydrogens is 148 g/mol. The molecule has 1 rings (SSSR count). The highest BCUT2D eigenvalue weighted by molar-refractivity contribution is 5.48. The molecule has 0 bridgehead atoms. The summed E-state index contributed by atoms with van der Waals surface area (Å²) in [5.41, 5.74) is 4.57. The van der Waals surface area contributed by atoms with Gasteiger partial charge in [-0.05, 0) is 49.4 Å². The van der Waals surface area contributed by atoms with Crippen molar-refractivity contribution in [3.05, 3.63) is 28.3 Å². The van der Waals surface area contributed by atoms with Crippen LogP contribution in [0.1, 0.15) is 29.2 Å². The zero-order valence-electron chi connectivity index (χ0n) is 8.23. The summed E-state index contributed by atoms with van der Waals surface area (Å²) in [5.74, 6) is 0.456. The topological polar surface area (TPSA) is 20.2 Å². The van der Waals surface area contributed by atoms with Crippen LogP contribution >= 0.6 is 0 Å². The largest absolute Gasteiger partial charge is 0.507 e.